The van der Waals surface area contributed by atoms with Crippen molar-refractivity contribution in [3.63, 3.8) is 0 Å². The molecule has 0 amide bonds. The zero-order valence-electron chi connectivity index (χ0n) is 23.8. The summed E-state index contributed by atoms with van der Waals surface area (Å²) in [5.41, 5.74) is 4.04. The second-order valence-corrected chi connectivity index (χ2v) is 11.2. The Kier molecular flexibility index (Phi) is 13.8. The molecule has 6 heteroatoms. The molecule has 0 unspecified atom stereocenters. The Bertz CT molecular complexity index is 1120. The number of hydrogen-bond donors (Lipinski definition) is 0. The largest absolute Gasteiger partial charge is 0.494 e. The van der Waals surface area contributed by atoms with Gasteiger partial charge in [-0.15, -0.1) is 10.2 Å². The quantitative estimate of drug-likeness (QED) is 0.0849. The predicted octanol–water partition coefficient (Wildman–Crippen LogP) is 9.22. The number of rotatable bonds is 19. The highest BCUT2D eigenvalue weighted by atomic mass is 32.1. The first-order valence-electron chi connectivity index (χ1n) is 14.6. The highest BCUT2D eigenvalue weighted by Gasteiger charge is 2.09. The van der Waals surface area contributed by atoms with Gasteiger partial charge in [0.05, 0.1) is 13.2 Å². The van der Waals surface area contributed by atoms with E-state index in [-0.39, 0.29) is 5.97 Å². The molecular formula is C33H44N2O3S. The Morgan fingerprint density at radius 1 is 0.744 bits per heavy atom. The van der Waals surface area contributed by atoms with Crippen LogP contribution in [-0.4, -0.2) is 29.4 Å². The maximum absolute atomic E-state index is 11.3. The summed E-state index contributed by atoms with van der Waals surface area (Å²) in [4.78, 5) is 11.3. The van der Waals surface area contributed by atoms with E-state index in [1.807, 2.05) is 12.1 Å². The number of aromatic nitrogens is 2. The third kappa shape index (κ3) is 11.3. The minimum absolute atomic E-state index is 0.280. The number of carbonyl (C=O) groups is 1. The molecule has 0 spiro atoms. The molecule has 0 fully saturated rings. The normalized spacial score (nSPS) is 10.9. The number of nitrogens with zero attached hydrogens (tertiary/aromatic N) is 2. The SMILES string of the molecule is C=C(C)C(=O)OCCCCCCCCCCCOc1ccc(-c2nnc(-c3ccc(CCCC)cc3)s2)cc1. The van der Waals surface area contributed by atoms with Crippen molar-refractivity contribution in [2.45, 2.75) is 90.9 Å². The van der Waals surface area contributed by atoms with Crippen molar-refractivity contribution in [2.24, 2.45) is 0 Å². The van der Waals surface area contributed by atoms with E-state index in [2.05, 4.69) is 60.1 Å². The smallest absolute Gasteiger partial charge is 0.333 e. The van der Waals surface area contributed by atoms with Gasteiger partial charge in [0, 0.05) is 16.7 Å². The second-order valence-electron chi connectivity index (χ2n) is 10.2. The zero-order chi connectivity index (χ0) is 27.7. The molecule has 0 saturated carbocycles. The highest BCUT2D eigenvalue weighted by Crippen LogP contribution is 2.31. The van der Waals surface area contributed by atoms with Gasteiger partial charge in [0.2, 0.25) is 0 Å². The fourth-order valence-electron chi connectivity index (χ4n) is 4.26. The highest BCUT2D eigenvalue weighted by molar-refractivity contribution is 7.17. The topological polar surface area (TPSA) is 61.3 Å². The average molecular weight is 549 g/mol. The minimum Gasteiger partial charge on any atom is -0.494 e. The summed E-state index contributed by atoms with van der Waals surface area (Å²) in [7, 11) is 0. The van der Waals surface area contributed by atoms with Gasteiger partial charge >= 0.3 is 5.97 Å². The summed E-state index contributed by atoms with van der Waals surface area (Å²) in [5, 5.41) is 10.7. The molecule has 0 aliphatic rings. The van der Waals surface area contributed by atoms with Crippen LogP contribution < -0.4 is 4.74 Å². The molecule has 3 rings (SSSR count). The Morgan fingerprint density at radius 2 is 1.26 bits per heavy atom. The lowest BCUT2D eigenvalue weighted by Gasteiger charge is -2.07. The van der Waals surface area contributed by atoms with Crippen molar-refractivity contribution < 1.29 is 14.3 Å². The fourth-order valence-corrected chi connectivity index (χ4v) is 5.12. The van der Waals surface area contributed by atoms with Gasteiger partial charge in [-0.05, 0) is 62.4 Å². The molecule has 0 atom stereocenters. The minimum atomic E-state index is -0.280. The van der Waals surface area contributed by atoms with Gasteiger partial charge in [0.25, 0.3) is 0 Å². The number of unbranched alkanes of at least 4 members (excludes halogenated alkanes) is 9. The monoisotopic (exact) mass is 548 g/mol. The van der Waals surface area contributed by atoms with Gasteiger partial charge in [0.15, 0.2) is 0 Å². The van der Waals surface area contributed by atoms with Crippen LogP contribution in [0.25, 0.3) is 21.1 Å². The van der Waals surface area contributed by atoms with E-state index in [9.17, 15) is 4.79 Å². The van der Waals surface area contributed by atoms with Crippen molar-refractivity contribution in [2.75, 3.05) is 13.2 Å². The van der Waals surface area contributed by atoms with Crippen molar-refractivity contribution in [3.8, 4) is 26.9 Å². The summed E-state index contributed by atoms with van der Waals surface area (Å²) < 4.78 is 11.1. The first kappa shape index (κ1) is 30.6. The van der Waals surface area contributed by atoms with Crippen molar-refractivity contribution in [3.05, 3.63) is 66.2 Å². The predicted molar refractivity (Wildman–Crippen MR) is 162 cm³/mol. The van der Waals surface area contributed by atoms with Gasteiger partial charge in [-0.3, -0.25) is 0 Å². The third-order valence-corrected chi connectivity index (χ3v) is 7.71. The maximum Gasteiger partial charge on any atom is 0.333 e. The van der Waals surface area contributed by atoms with Crippen LogP contribution in [-0.2, 0) is 16.0 Å². The maximum atomic E-state index is 11.3. The molecular weight excluding hydrogens is 504 g/mol. The van der Waals surface area contributed by atoms with E-state index in [0.29, 0.717) is 12.2 Å². The molecule has 1 aromatic heterocycles. The Labute approximate surface area is 238 Å². The second kappa shape index (κ2) is 17.6. The number of esters is 1. The van der Waals surface area contributed by atoms with Crippen LogP contribution in [0.1, 0.15) is 90.0 Å². The van der Waals surface area contributed by atoms with Crippen LogP contribution in [0.15, 0.2) is 60.7 Å². The Hall–Kier alpha value is -2.99. The summed E-state index contributed by atoms with van der Waals surface area (Å²) in [6.45, 7) is 8.75. The Morgan fingerprint density at radius 3 is 1.79 bits per heavy atom. The molecule has 210 valence electrons. The van der Waals surface area contributed by atoms with Gasteiger partial charge in [-0.2, -0.15) is 0 Å². The summed E-state index contributed by atoms with van der Waals surface area (Å²) in [6, 6.07) is 16.9. The number of hydrogen-bond acceptors (Lipinski definition) is 6. The lowest BCUT2D eigenvalue weighted by Crippen LogP contribution is -2.05. The standard InChI is InChI=1S/C33H44N2O3S/c1-4-5-15-27-16-18-28(19-17-27)31-34-35-32(39-31)29-20-22-30(23-21-29)37-24-13-11-9-7-6-8-10-12-14-25-38-33(36)26(2)3/h16-23H,2,4-15,24-25H2,1,3H3. The van der Waals surface area contributed by atoms with Gasteiger partial charge in [-0.25, -0.2) is 4.79 Å². The number of carbonyl (C=O) groups excluding carboxylic acids is 1. The molecule has 0 N–H and O–H groups in total. The van der Waals surface area contributed by atoms with Crippen LogP contribution in [0, 0.1) is 0 Å². The first-order valence-corrected chi connectivity index (χ1v) is 15.4. The van der Waals surface area contributed by atoms with Crippen molar-refractivity contribution in [1.82, 2.24) is 10.2 Å². The molecule has 0 bridgehead atoms. The summed E-state index contributed by atoms with van der Waals surface area (Å²) in [5.74, 6) is 0.623. The lowest BCUT2D eigenvalue weighted by atomic mass is 10.1. The van der Waals surface area contributed by atoms with Crippen LogP contribution in [0.3, 0.4) is 0 Å². The van der Waals surface area contributed by atoms with Crippen LogP contribution in [0.5, 0.6) is 5.75 Å². The molecule has 0 aliphatic heterocycles. The van der Waals surface area contributed by atoms with Gasteiger partial charge < -0.3 is 9.47 Å². The van der Waals surface area contributed by atoms with Crippen LogP contribution >= 0.6 is 11.3 Å². The van der Waals surface area contributed by atoms with Crippen molar-refractivity contribution >= 4 is 17.3 Å². The number of benzene rings is 2. The van der Waals surface area contributed by atoms with E-state index in [1.165, 1.54) is 56.9 Å². The molecule has 2 aromatic carbocycles. The van der Waals surface area contributed by atoms with E-state index < -0.39 is 0 Å². The van der Waals surface area contributed by atoms with Crippen molar-refractivity contribution in [1.29, 1.82) is 0 Å². The van der Waals surface area contributed by atoms with Crippen LogP contribution in [0.2, 0.25) is 0 Å². The lowest BCUT2D eigenvalue weighted by molar-refractivity contribution is -0.139. The molecule has 0 saturated heterocycles. The molecule has 3 aromatic rings. The van der Waals surface area contributed by atoms with Crippen LogP contribution in [0.4, 0.5) is 0 Å². The number of aryl methyl sites for hydroxylation is 1. The first-order chi connectivity index (χ1) is 19.1. The average Bonchev–Trinajstić information content (AvgIpc) is 3.45. The van der Waals surface area contributed by atoms with Gasteiger partial charge in [-0.1, -0.05) is 100 Å². The molecule has 39 heavy (non-hydrogen) atoms. The molecule has 0 radical (unpaired) electrons. The summed E-state index contributed by atoms with van der Waals surface area (Å²) >= 11 is 1.62. The van der Waals surface area contributed by atoms with E-state index in [0.717, 1.165) is 59.2 Å². The zero-order valence-corrected chi connectivity index (χ0v) is 24.6. The summed E-state index contributed by atoms with van der Waals surface area (Å²) in [6.07, 6.45) is 14.1. The fraction of sp³-hybridized carbons (Fsp3) is 0.485. The van der Waals surface area contributed by atoms with E-state index in [1.54, 1.807) is 18.3 Å². The van der Waals surface area contributed by atoms with E-state index >= 15 is 0 Å². The molecule has 1 heterocycles. The van der Waals surface area contributed by atoms with Gasteiger partial charge in [0.1, 0.15) is 15.8 Å². The third-order valence-electron chi connectivity index (χ3n) is 6.69. The van der Waals surface area contributed by atoms with E-state index in [4.69, 9.17) is 9.47 Å². The molecule has 0 aliphatic carbocycles. The molecule has 5 nitrogen and oxygen atoms in total. The Balaban J connectivity index is 1.25. The number of ether oxygens (including phenoxy) is 2.